The molecule has 5 heteroatoms. The van der Waals surface area contributed by atoms with Crippen molar-refractivity contribution in [2.24, 2.45) is 5.92 Å². The van der Waals surface area contributed by atoms with Gasteiger partial charge in [-0.15, -0.1) is 5.10 Å². The standard InChI is InChI=1S/C24H29N5/c1-19-8-5-6-12-22(19)23-17-26-28-24(27-23)25-16-21-11-7-14-29(18-21)15-13-20-9-3-2-4-10-20/h2-6,8-10,12,17,21H,7,11,13-16,18H2,1H3,(H,25,27,28). The third-order valence-electron chi connectivity index (χ3n) is 5.69. The lowest BCUT2D eigenvalue weighted by molar-refractivity contribution is 0.182. The van der Waals surface area contributed by atoms with Gasteiger partial charge in [-0.3, -0.25) is 0 Å². The van der Waals surface area contributed by atoms with Gasteiger partial charge in [-0.05, 0) is 49.8 Å². The molecular formula is C24H29N5. The van der Waals surface area contributed by atoms with E-state index < -0.39 is 0 Å². The fraction of sp³-hybridized carbons (Fsp3) is 0.375. The topological polar surface area (TPSA) is 53.9 Å². The number of anilines is 1. The van der Waals surface area contributed by atoms with E-state index in [2.05, 4.69) is 74.8 Å². The maximum Gasteiger partial charge on any atom is 0.243 e. The van der Waals surface area contributed by atoms with Gasteiger partial charge < -0.3 is 10.2 Å². The molecule has 3 aromatic rings. The molecule has 1 aliphatic rings. The molecule has 5 nitrogen and oxygen atoms in total. The second-order valence-corrected chi connectivity index (χ2v) is 7.91. The van der Waals surface area contributed by atoms with Crippen molar-refractivity contribution < 1.29 is 0 Å². The van der Waals surface area contributed by atoms with Gasteiger partial charge in [0.25, 0.3) is 0 Å². The summed E-state index contributed by atoms with van der Waals surface area (Å²) in [5.41, 5.74) is 4.59. The van der Waals surface area contributed by atoms with Crippen molar-refractivity contribution in [3.63, 3.8) is 0 Å². The van der Waals surface area contributed by atoms with Crippen LogP contribution in [0.5, 0.6) is 0 Å². The molecule has 2 heterocycles. The molecule has 4 rings (SSSR count). The van der Waals surface area contributed by atoms with Crippen molar-refractivity contribution >= 4 is 5.95 Å². The van der Waals surface area contributed by atoms with Crippen LogP contribution in [0.25, 0.3) is 11.3 Å². The van der Waals surface area contributed by atoms with Crippen LogP contribution in [0.3, 0.4) is 0 Å². The minimum absolute atomic E-state index is 0.616. The summed E-state index contributed by atoms with van der Waals surface area (Å²) < 4.78 is 0. The molecule has 0 radical (unpaired) electrons. The number of piperidine rings is 1. The van der Waals surface area contributed by atoms with Gasteiger partial charge in [0.05, 0.1) is 11.9 Å². The average Bonchev–Trinajstić information content (AvgIpc) is 2.78. The van der Waals surface area contributed by atoms with Gasteiger partial charge in [0.1, 0.15) is 0 Å². The van der Waals surface area contributed by atoms with E-state index >= 15 is 0 Å². The number of hydrogen-bond acceptors (Lipinski definition) is 5. The van der Waals surface area contributed by atoms with Crippen LogP contribution in [0.4, 0.5) is 5.95 Å². The van der Waals surface area contributed by atoms with Crippen LogP contribution in [0, 0.1) is 12.8 Å². The molecule has 29 heavy (non-hydrogen) atoms. The van der Waals surface area contributed by atoms with Crippen molar-refractivity contribution in [2.75, 3.05) is 31.5 Å². The molecule has 0 amide bonds. The summed E-state index contributed by atoms with van der Waals surface area (Å²) in [5, 5.41) is 11.8. The number of aryl methyl sites for hydroxylation is 1. The highest BCUT2D eigenvalue weighted by atomic mass is 15.2. The largest absolute Gasteiger partial charge is 0.353 e. The third kappa shape index (κ3) is 5.39. The Morgan fingerprint density at radius 3 is 2.76 bits per heavy atom. The van der Waals surface area contributed by atoms with E-state index in [4.69, 9.17) is 0 Å². The Morgan fingerprint density at radius 2 is 1.90 bits per heavy atom. The first-order valence-electron chi connectivity index (χ1n) is 10.5. The molecule has 1 N–H and O–H groups in total. The van der Waals surface area contributed by atoms with E-state index in [1.807, 2.05) is 12.1 Å². The second kappa shape index (κ2) is 9.61. The van der Waals surface area contributed by atoms with E-state index in [1.54, 1.807) is 6.20 Å². The van der Waals surface area contributed by atoms with Gasteiger partial charge in [-0.1, -0.05) is 54.6 Å². The summed E-state index contributed by atoms with van der Waals surface area (Å²) in [7, 11) is 0. The van der Waals surface area contributed by atoms with Gasteiger partial charge in [0.15, 0.2) is 0 Å². The highest BCUT2D eigenvalue weighted by molar-refractivity contribution is 5.63. The Hall–Kier alpha value is -2.79. The van der Waals surface area contributed by atoms with Crippen LogP contribution in [0.2, 0.25) is 0 Å². The number of hydrogen-bond donors (Lipinski definition) is 1. The van der Waals surface area contributed by atoms with E-state index in [0.29, 0.717) is 11.9 Å². The summed E-state index contributed by atoms with van der Waals surface area (Å²) in [4.78, 5) is 7.27. The number of likely N-dealkylation sites (tertiary alicyclic amines) is 1. The number of nitrogens with one attached hydrogen (secondary N) is 1. The van der Waals surface area contributed by atoms with Crippen LogP contribution in [-0.2, 0) is 6.42 Å². The maximum atomic E-state index is 4.68. The van der Waals surface area contributed by atoms with E-state index in [9.17, 15) is 0 Å². The van der Waals surface area contributed by atoms with Crippen LogP contribution in [-0.4, -0.2) is 46.3 Å². The van der Waals surface area contributed by atoms with Gasteiger partial charge in [0.2, 0.25) is 5.95 Å². The van der Waals surface area contributed by atoms with Crippen molar-refractivity contribution in [1.82, 2.24) is 20.1 Å². The molecule has 2 aromatic carbocycles. The first-order chi connectivity index (χ1) is 14.3. The molecule has 0 bridgehead atoms. The summed E-state index contributed by atoms with van der Waals surface area (Å²) in [6.45, 7) is 6.44. The zero-order valence-electron chi connectivity index (χ0n) is 17.1. The lowest BCUT2D eigenvalue weighted by Gasteiger charge is -2.32. The van der Waals surface area contributed by atoms with E-state index in [-0.39, 0.29) is 0 Å². The lowest BCUT2D eigenvalue weighted by atomic mass is 9.97. The SMILES string of the molecule is Cc1ccccc1-c1cnnc(NCC2CCCN(CCc3ccccc3)C2)n1. The Balaban J connectivity index is 1.31. The summed E-state index contributed by atoms with van der Waals surface area (Å²) in [6, 6.07) is 19.0. The molecule has 1 aromatic heterocycles. The number of rotatable bonds is 7. The Labute approximate surface area is 173 Å². The fourth-order valence-electron chi connectivity index (χ4n) is 4.06. The number of benzene rings is 2. The average molecular weight is 388 g/mol. The highest BCUT2D eigenvalue weighted by Gasteiger charge is 2.20. The van der Waals surface area contributed by atoms with Crippen molar-refractivity contribution in [1.29, 1.82) is 0 Å². The predicted octanol–water partition coefficient (Wildman–Crippen LogP) is 4.21. The fourth-order valence-corrected chi connectivity index (χ4v) is 4.06. The summed E-state index contributed by atoms with van der Waals surface area (Å²) >= 11 is 0. The van der Waals surface area contributed by atoms with Gasteiger partial charge in [-0.2, -0.15) is 5.10 Å². The lowest BCUT2D eigenvalue weighted by Crippen LogP contribution is -2.39. The minimum atomic E-state index is 0.616. The Kier molecular flexibility index (Phi) is 6.47. The van der Waals surface area contributed by atoms with Crippen molar-refractivity contribution in [3.8, 4) is 11.3 Å². The monoisotopic (exact) mass is 387 g/mol. The summed E-state index contributed by atoms with van der Waals surface area (Å²) in [6.07, 6.45) is 5.36. The van der Waals surface area contributed by atoms with Crippen molar-refractivity contribution in [3.05, 3.63) is 71.9 Å². The van der Waals surface area contributed by atoms with Gasteiger partial charge in [-0.25, -0.2) is 4.98 Å². The molecule has 150 valence electrons. The van der Waals surface area contributed by atoms with Crippen LogP contribution < -0.4 is 5.32 Å². The van der Waals surface area contributed by atoms with Crippen LogP contribution in [0.15, 0.2) is 60.8 Å². The molecule has 0 aliphatic carbocycles. The highest BCUT2D eigenvalue weighted by Crippen LogP contribution is 2.21. The molecule has 0 saturated carbocycles. The zero-order valence-corrected chi connectivity index (χ0v) is 17.1. The molecule has 1 atom stereocenters. The normalized spacial score (nSPS) is 17.2. The van der Waals surface area contributed by atoms with E-state index in [0.717, 1.165) is 37.3 Å². The molecule has 1 unspecified atom stereocenters. The molecule has 0 spiro atoms. The molecular weight excluding hydrogens is 358 g/mol. The molecule has 1 saturated heterocycles. The van der Waals surface area contributed by atoms with Gasteiger partial charge in [0, 0.05) is 25.2 Å². The van der Waals surface area contributed by atoms with Crippen molar-refractivity contribution in [2.45, 2.75) is 26.2 Å². The predicted molar refractivity (Wildman–Crippen MR) is 118 cm³/mol. The van der Waals surface area contributed by atoms with Crippen LogP contribution in [0.1, 0.15) is 24.0 Å². The van der Waals surface area contributed by atoms with Crippen LogP contribution >= 0.6 is 0 Å². The van der Waals surface area contributed by atoms with E-state index in [1.165, 1.54) is 30.5 Å². The molecule has 1 fully saturated rings. The van der Waals surface area contributed by atoms with Gasteiger partial charge >= 0.3 is 0 Å². The quantitative estimate of drug-likeness (QED) is 0.658. The Bertz CT molecular complexity index is 912. The first-order valence-corrected chi connectivity index (χ1v) is 10.5. The second-order valence-electron chi connectivity index (χ2n) is 7.91. The molecule has 1 aliphatic heterocycles. The minimum Gasteiger partial charge on any atom is -0.353 e. The Morgan fingerprint density at radius 1 is 1.07 bits per heavy atom. The third-order valence-corrected chi connectivity index (χ3v) is 5.69. The summed E-state index contributed by atoms with van der Waals surface area (Å²) in [5.74, 6) is 1.23. The smallest absolute Gasteiger partial charge is 0.243 e. The number of aromatic nitrogens is 3. The maximum absolute atomic E-state index is 4.68. The number of nitrogens with zero attached hydrogens (tertiary/aromatic N) is 4. The first kappa shape index (κ1) is 19.5. The zero-order chi connectivity index (χ0) is 19.9.